The number of likely N-dealkylation sites (tertiary alicyclic amines) is 1. The summed E-state index contributed by atoms with van der Waals surface area (Å²) in [6.45, 7) is 2.93. The van der Waals surface area contributed by atoms with E-state index >= 15 is 0 Å². The van der Waals surface area contributed by atoms with Gasteiger partial charge in [0, 0.05) is 12.6 Å². The van der Waals surface area contributed by atoms with Gasteiger partial charge in [0.15, 0.2) is 5.82 Å². The fourth-order valence-electron chi connectivity index (χ4n) is 2.35. The molecule has 2 heterocycles. The predicted molar refractivity (Wildman–Crippen MR) is 68.8 cm³/mol. The second kappa shape index (κ2) is 5.77. The van der Waals surface area contributed by atoms with Crippen LogP contribution in [0.15, 0.2) is 12.4 Å². The first-order chi connectivity index (χ1) is 8.76. The summed E-state index contributed by atoms with van der Waals surface area (Å²) in [6.07, 6.45) is 7.28. The lowest BCUT2D eigenvalue weighted by Crippen LogP contribution is -2.43. The first kappa shape index (κ1) is 12.8. The normalized spacial score (nSPS) is 19.7. The monoisotopic (exact) mass is 249 g/mol. The molecule has 1 atom stereocenters. The molecule has 1 amide bonds. The van der Waals surface area contributed by atoms with E-state index < -0.39 is 0 Å². The van der Waals surface area contributed by atoms with Crippen LogP contribution in [0.2, 0.25) is 0 Å². The molecule has 1 aliphatic rings. The Balaban J connectivity index is 2.13. The molecular formula is C12H19N5O. The summed E-state index contributed by atoms with van der Waals surface area (Å²) in [4.78, 5) is 22.4. The standard InChI is InChI=1S/C12H19N5O/c1-2-9-5-3-4-6-17(9)12(18)10-7-15-11(16-13)8-14-10/h7-9H,2-6,13H2,1H3,(H,15,16). The Bertz CT molecular complexity index is 405. The van der Waals surface area contributed by atoms with Gasteiger partial charge in [-0.3, -0.25) is 4.79 Å². The molecule has 0 bridgehead atoms. The molecular weight excluding hydrogens is 230 g/mol. The Morgan fingerprint density at radius 1 is 1.50 bits per heavy atom. The van der Waals surface area contributed by atoms with Crippen LogP contribution in [-0.2, 0) is 0 Å². The third-order valence-electron chi connectivity index (χ3n) is 3.38. The van der Waals surface area contributed by atoms with E-state index in [0.717, 1.165) is 25.8 Å². The van der Waals surface area contributed by atoms with E-state index in [1.165, 1.54) is 18.8 Å². The minimum atomic E-state index is -0.0300. The summed E-state index contributed by atoms with van der Waals surface area (Å²) in [7, 11) is 0. The van der Waals surface area contributed by atoms with E-state index in [-0.39, 0.29) is 5.91 Å². The van der Waals surface area contributed by atoms with Gasteiger partial charge in [0.25, 0.3) is 5.91 Å². The smallest absolute Gasteiger partial charge is 0.274 e. The van der Waals surface area contributed by atoms with Crippen LogP contribution in [0, 0.1) is 0 Å². The first-order valence-electron chi connectivity index (χ1n) is 6.36. The number of hydrogen-bond donors (Lipinski definition) is 2. The second-order valence-electron chi connectivity index (χ2n) is 4.49. The summed E-state index contributed by atoms with van der Waals surface area (Å²) < 4.78 is 0. The lowest BCUT2D eigenvalue weighted by Gasteiger charge is -2.34. The molecule has 2 rings (SSSR count). The molecule has 18 heavy (non-hydrogen) atoms. The highest BCUT2D eigenvalue weighted by atomic mass is 16.2. The van der Waals surface area contributed by atoms with E-state index in [2.05, 4.69) is 22.3 Å². The molecule has 0 saturated carbocycles. The summed E-state index contributed by atoms with van der Waals surface area (Å²) >= 11 is 0. The molecule has 3 N–H and O–H groups in total. The van der Waals surface area contributed by atoms with Gasteiger partial charge in [0.05, 0.1) is 12.4 Å². The summed E-state index contributed by atoms with van der Waals surface area (Å²) in [5.41, 5.74) is 2.78. The molecule has 1 aromatic heterocycles. The Morgan fingerprint density at radius 2 is 2.33 bits per heavy atom. The molecule has 1 aromatic rings. The van der Waals surface area contributed by atoms with E-state index in [4.69, 9.17) is 5.84 Å². The van der Waals surface area contributed by atoms with Crippen LogP contribution >= 0.6 is 0 Å². The van der Waals surface area contributed by atoms with Crippen molar-refractivity contribution < 1.29 is 4.79 Å². The maximum atomic E-state index is 12.3. The van der Waals surface area contributed by atoms with Gasteiger partial charge in [-0.15, -0.1) is 0 Å². The topological polar surface area (TPSA) is 84.1 Å². The zero-order valence-corrected chi connectivity index (χ0v) is 10.6. The third-order valence-corrected chi connectivity index (χ3v) is 3.38. The highest BCUT2D eigenvalue weighted by molar-refractivity contribution is 5.92. The van der Waals surface area contributed by atoms with E-state index in [9.17, 15) is 4.79 Å². The molecule has 0 aromatic carbocycles. The van der Waals surface area contributed by atoms with Crippen molar-refractivity contribution in [2.75, 3.05) is 12.0 Å². The Kier molecular flexibility index (Phi) is 4.09. The van der Waals surface area contributed by atoms with Crippen LogP contribution in [0.4, 0.5) is 5.82 Å². The van der Waals surface area contributed by atoms with E-state index in [1.807, 2.05) is 4.90 Å². The number of nitrogens with zero attached hydrogens (tertiary/aromatic N) is 3. The van der Waals surface area contributed by atoms with Gasteiger partial charge in [-0.05, 0) is 25.7 Å². The minimum Gasteiger partial charge on any atom is -0.334 e. The molecule has 1 unspecified atom stereocenters. The van der Waals surface area contributed by atoms with Gasteiger partial charge >= 0.3 is 0 Å². The quantitative estimate of drug-likeness (QED) is 0.620. The maximum absolute atomic E-state index is 12.3. The first-order valence-corrected chi connectivity index (χ1v) is 6.36. The summed E-state index contributed by atoms with van der Waals surface area (Å²) in [5, 5.41) is 0. The number of nitrogens with two attached hydrogens (primary N) is 1. The van der Waals surface area contributed by atoms with Gasteiger partial charge in [-0.25, -0.2) is 15.8 Å². The van der Waals surface area contributed by atoms with Gasteiger partial charge in [0.1, 0.15) is 5.69 Å². The van der Waals surface area contributed by atoms with Crippen molar-refractivity contribution in [3.05, 3.63) is 18.1 Å². The molecule has 1 saturated heterocycles. The SMILES string of the molecule is CCC1CCCCN1C(=O)c1cnc(NN)cn1. The highest BCUT2D eigenvalue weighted by Gasteiger charge is 2.26. The highest BCUT2D eigenvalue weighted by Crippen LogP contribution is 2.21. The average Bonchev–Trinajstić information content (AvgIpc) is 2.46. The average molecular weight is 249 g/mol. The van der Waals surface area contributed by atoms with Gasteiger partial charge in [0.2, 0.25) is 0 Å². The summed E-state index contributed by atoms with van der Waals surface area (Å²) in [5.74, 6) is 5.64. The summed E-state index contributed by atoms with van der Waals surface area (Å²) in [6, 6.07) is 0.334. The fraction of sp³-hybridized carbons (Fsp3) is 0.583. The minimum absolute atomic E-state index is 0.0300. The van der Waals surface area contributed by atoms with Gasteiger partial charge in [-0.2, -0.15) is 0 Å². The van der Waals surface area contributed by atoms with Crippen molar-refractivity contribution >= 4 is 11.7 Å². The van der Waals surface area contributed by atoms with Crippen LogP contribution in [0.5, 0.6) is 0 Å². The number of rotatable bonds is 3. The number of piperidine rings is 1. The van der Waals surface area contributed by atoms with Crippen LogP contribution in [-0.4, -0.2) is 33.4 Å². The Morgan fingerprint density at radius 3 is 2.94 bits per heavy atom. The third kappa shape index (κ3) is 2.59. The molecule has 1 aliphatic heterocycles. The Hall–Kier alpha value is -1.69. The van der Waals surface area contributed by atoms with Crippen LogP contribution in [0.1, 0.15) is 43.1 Å². The van der Waals surface area contributed by atoms with Crippen molar-refractivity contribution in [3.63, 3.8) is 0 Å². The lowest BCUT2D eigenvalue weighted by atomic mass is 10.00. The van der Waals surface area contributed by atoms with E-state index in [1.54, 1.807) is 0 Å². The molecule has 1 fully saturated rings. The van der Waals surface area contributed by atoms with Crippen molar-refractivity contribution in [1.82, 2.24) is 14.9 Å². The van der Waals surface area contributed by atoms with E-state index in [0.29, 0.717) is 17.6 Å². The number of anilines is 1. The zero-order chi connectivity index (χ0) is 13.0. The number of aromatic nitrogens is 2. The van der Waals surface area contributed by atoms with Crippen molar-refractivity contribution in [2.24, 2.45) is 5.84 Å². The van der Waals surface area contributed by atoms with Gasteiger partial charge < -0.3 is 10.3 Å². The van der Waals surface area contributed by atoms with Gasteiger partial charge in [-0.1, -0.05) is 6.92 Å². The Labute approximate surface area is 107 Å². The molecule has 6 nitrogen and oxygen atoms in total. The van der Waals surface area contributed by atoms with Crippen LogP contribution in [0.25, 0.3) is 0 Å². The number of carbonyl (C=O) groups is 1. The predicted octanol–water partition coefficient (Wildman–Crippen LogP) is 1.17. The number of nitrogens with one attached hydrogen (secondary N) is 1. The number of hydrazine groups is 1. The largest absolute Gasteiger partial charge is 0.334 e. The molecule has 0 spiro atoms. The fourth-order valence-corrected chi connectivity index (χ4v) is 2.35. The number of hydrogen-bond acceptors (Lipinski definition) is 5. The molecule has 0 aliphatic carbocycles. The van der Waals surface area contributed by atoms with Crippen LogP contribution in [0.3, 0.4) is 0 Å². The lowest BCUT2D eigenvalue weighted by molar-refractivity contribution is 0.0601. The number of carbonyl (C=O) groups excluding carboxylic acids is 1. The number of nitrogen functional groups attached to an aromatic ring is 1. The van der Waals surface area contributed by atoms with Crippen molar-refractivity contribution in [1.29, 1.82) is 0 Å². The molecule has 98 valence electrons. The van der Waals surface area contributed by atoms with Crippen molar-refractivity contribution in [3.8, 4) is 0 Å². The second-order valence-corrected chi connectivity index (χ2v) is 4.49. The van der Waals surface area contributed by atoms with Crippen LogP contribution < -0.4 is 11.3 Å². The maximum Gasteiger partial charge on any atom is 0.274 e. The molecule has 0 radical (unpaired) electrons. The number of amides is 1. The molecule has 6 heteroatoms. The van der Waals surface area contributed by atoms with Crippen molar-refractivity contribution in [2.45, 2.75) is 38.6 Å². The zero-order valence-electron chi connectivity index (χ0n) is 10.6.